The van der Waals surface area contributed by atoms with Gasteiger partial charge in [-0.25, -0.2) is 10.4 Å². The van der Waals surface area contributed by atoms with Crippen molar-refractivity contribution in [2.75, 3.05) is 13.7 Å². The summed E-state index contributed by atoms with van der Waals surface area (Å²) < 4.78 is 12.4. The maximum Gasteiger partial charge on any atom is 0.263 e. The number of nitrogens with zero attached hydrogens (tertiary/aromatic N) is 3. The summed E-state index contributed by atoms with van der Waals surface area (Å²) >= 11 is 1.59. The molecule has 0 saturated heterocycles. The zero-order valence-electron chi connectivity index (χ0n) is 19.1. The molecule has 1 atom stereocenters. The van der Waals surface area contributed by atoms with Crippen molar-refractivity contribution < 1.29 is 14.3 Å². The Morgan fingerprint density at radius 1 is 1.33 bits per heavy atom. The molecule has 174 valence electrons. The van der Waals surface area contributed by atoms with Crippen LogP contribution < -0.4 is 20.5 Å². The fraction of sp³-hybridized carbons (Fsp3) is 0.417. The van der Waals surface area contributed by atoms with E-state index in [1.54, 1.807) is 31.4 Å². The van der Waals surface area contributed by atoms with Gasteiger partial charge in [0.1, 0.15) is 10.9 Å². The summed E-state index contributed by atoms with van der Waals surface area (Å²) in [5.41, 5.74) is 4.21. The van der Waals surface area contributed by atoms with E-state index in [9.17, 15) is 9.59 Å². The molecule has 8 nitrogen and oxygen atoms in total. The molecule has 0 spiro atoms. The van der Waals surface area contributed by atoms with E-state index < -0.39 is 11.9 Å². The third-order valence-corrected chi connectivity index (χ3v) is 6.93. The fourth-order valence-corrected chi connectivity index (χ4v) is 5.14. The molecule has 33 heavy (non-hydrogen) atoms. The van der Waals surface area contributed by atoms with Crippen LogP contribution in [-0.4, -0.2) is 35.4 Å². The monoisotopic (exact) mass is 468 g/mol. The average molecular weight is 469 g/mol. The first-order chi connectivity index (χ1) is 16.0. The number of amides is 1. The van der Waals surface area contributed by atoms with Gasteiger partial charge in [-0.1, -0.05) is 6.92 Å². The summed E-state index contributed by atoms with van der Waals surface area (Å²) in [6, 6.07) is 4.67. The number of thiophene rings is 1. The maximum atomic E-state index is 13.2. The van der Waals surface area contributed by atoms with Crippen LogP contribution in [0.2, 0.25) is 0 Å². The van der Waals surface area contributed by atoms with Gasteiger partial charge in [0.05, 0.1) is 31.6 Å². The van der Waals surface area contributed by atoms with Gasteiger partial charge in [0, 0.05) is 4.88 Å². The van der Waals surface area contributed by atoms with Crippen LogP contribution in [-0.2, 0) is 17.6 Å². The van der Waals surface area contributed by atoms with Crippen molar-refractivity contribution >= 4 is 33.7 Å². The lowest BCUT2D eigenvalue weighted by Crippen LogP contribution is -2.34. The Labute approximate surface area is 196 Å². The number of ether oxygens (including phenoxy) is 2. The lowest BCUT2D eigenvalue weighted by atomic mass is 9.97. The third kappa shape index (κ3) is 4.78. The van der Waals surface area contributed by atoms with Crippen LogP contribution in [0.25, 0.3) is 10.2 Å². The zero-order chi connectivity index (χ0) is 23.4. The molecule has 3 aromatic rings. The van der Waals surface area contributed by atoms with Crippen molar-refractivity contribution in [3.8, 4) is 11.5 Å². The molecule has 9 heteroatoms. The fourth-order valence-electron chi connectivity index (χ4n) is 3.92. The van der Waals surface area contributed by atoms with E-state index in [0.29, 0.717) is 23.5 Å². The molecule has 0 saturated carbocycles. The number of fused-ring (bicyclic) bond motifs is 3. The summed E-state index contributed by atoms with van der Waals surface area (Å²) in [5.74, 6) is 0.859. The molecular weight excluding hydrogens is 440 g/mol. The predicted molar refractivity (Wildman–Crippen MR) is 130 cm³/mol. The van der Waals surface area contributed by atoms with E-state index in [-0.39, 0.29) is 5.56 Å². The second-order valence-electron chi connectivity index (χ2n) is 8.02. The molecule has 0 fully saturated rings. The number of hydrogen-bond donors (Lipinski definition) is 1. The molecule has 2 aromatic heterocycles. The minimum atomic E-state index is -0.745. The number of aryl methyl sites for hydroxylation is 2. The smallest absolute Gasteiger partial charge is 0.263 e. The van der Waals surface area contributed by atoms with E-state index >= 15 is 0 Å². The molecule has 2 heterocycles. The summed E-state index contributed by atoms with van der Waals surface area (Å²) in [6.07, 6.45) is 8.00. The second-order valence-corrected chi connectivity index (χ2v) is 9.10. The third-order valence-electron chi connectivity index (χ3n) is 5.73. The van der Waals surface area contributed by atoms with Crippen molar-refractivity contribution in [3.05, 3.63) is 50.9 Å². The second kappa shape index (κ2) is 10.2. The van der Waals surface area contributed by atoms with Gasteiger partial charge in [0.25, 0.3) is 11.5 Å². The number of carbonyl (C=O) groups excluding carboxylic acids is 1. The van der Waals surface area contributed by atoms with E-state index in [1.807, 2.05) is 19.1 Å². The summed E-state index contributed by atoms with van der Waals surface area (Å²) in [5, 5.41) is 4.72. The van der Waals surface area contributed by atoms with Crippen LogP contribution in [0, 0.1) is 0 Å². The van der Waals surface area contributed by atoms with Gasteiger partial charge in [0.2, 0.25) is 0 Å². The van der Waals surface area contributed by atoms with Gasteiger partial charge in [-0.3, -0.25) is 14.2 Å². The SMILES string of the molecule is CCCOc1ccc(/C=N/NC(=O)C(C)n2cnc3sc4c(c3c2=O)CCCC4)cc1OC. The van der Waals surface area contributed by atoms with Crippen molar-refractivity contribution in [2.24, 2.45) is 5.10 Å². The van der Waals surface area contributed by atoms with Crippen LogP contribution in [0.1, 0.15) is 55.2 Å². The van der Waals surface area contributed by atoms with E-state index in [2.05, 4.69) is 15.5 Å². The highest BCUT2D eigenvalue weighted by molar-refractivity contribution is 7.18. The Morgan fingerprint density at radius 3 is 2.94 bits per heavy atom. The highest BCUT2D eigenvalue weighted by Gasteiger charge is 2.23. The van der Waals surface area contributed by atoms with Gasteiger partial charge in [-0.2, -0.15) is 5.10 Å². The summed E-state index contributed by atoms with van der Waals surface area (Å²) in [7, 11) is 1.58. The Morgan fingerprint density at radius 2 is 2.15 bits per heavy atom. The van der Waals surface area contributed by atoms with Gasteiger partial charge >= 0.3 is 0 Å². The van der Waals surface area contributed by atoms with E-state index in [0.717, 1.165) is 48.1 Å². The van der Waals surface area contributed by atoms with E-state index in [1.165, 1.54) is 22.0 Å². The highest BCUT2D eigenvalue weighted by atomic mass is 32.1. The Bertz CT molecular complexity index is 1250. The van der Waals surface area contributed by atoms with Crippen LogP contribution in [0.4, 0.5) is 0 Å². The molecule has 1 aliphatic carbocycles. The van der Waals surface area contributed by atoms with Crippen molar-refractivity contribution in [3.63, 3.8) is 0 Å². The molecule has 1 unspecified atom stereocenters. The molecule has 0 radical (unpaired) electrons. The maximum absolute atomic E-state index is 13.2. The van der Waals surface area contributed by atoms with Gasteiger partial charge in [-0.15, -0.1) is 11.3 Å². The topological polar surface area (TPSA) is 94.8 Å². The van der Waals surface area contributed by atoms with Crippen molar-refractivity contribution in [1.29, 1.82) is 0 Å². The zero-order valence-corrected chi connectivity index (χ0v) is 19.9. The Balaban J connectivity index is 1.48. The van der Waals surface area contributed by atoms with E-state index in [4.69, 9.17) is 9.47 Å². The number of rotatable bonds is 8. The van der Waals surface area contributed by atoms with Crippen molar-refractivity contribution in [1.82, 2.24) is 15.0 Å². The minimum Gasteiger partial charge on any atom is -0.493 e. The van der Waals surface area contributed by atoms with Crippen molar-refractivity contribution in [2.45, 2.75) is 52.0 Å². The number of carbonyl (C=O) groups is 1. The number of nitrogens with one attached hydrogen (secondary N) is 1. The van der Waals surface area contributed by atoms with Crippen LogP contribution >= 0.6 is 11.3 Å². The van der Waals surface area contributed by atoms with Gasteiger partial charge in [-0.05, 0) is 68.4 Å². The standard InChI is InChI=1S/C24H28N4O4S/c1-4-11-32-18-10-9-16(12-19(18)31-3)13-26-27-22(29)15(2)28-14-25-23-21(24(28)30)17-7-5-6-8-20(17)33-23/h9-10,12-15H,4-8,11H2,1-3H3,(H,27,29)/b26-13+. The summed E-state index contributed by atoms with van der Waals surface area (Å²) in [6.45, 7) is 4.31. The molecule has 1 amide bonds. The highest BCUT2D eigenvalue weighted by Crippen LogP contribution is 2.33. The van der Waals surface area contributed by atoms with Gasteiger partial charge in [0.15, 0.2) is 11.5 Å². The molecule has 1 N–H and O–H groups in total. The first-order valence-corrected chi connectivity index (χ1v) is 12.0. The number of aromatic nitrogens is 2. The molecule has 0 aliphatic heterocycles. The molecule has 0 bridgehead atoms. The lowest BCUT2D eigenvalue weighted by molar-refractivity contribution is -0.123. The van der Waals surface area contributed by atoms with Crippen LogP contribution in [0.5, 0.6) is 11.5 Å². The number of hydrazone groups is 1. The molecule has 4 rings (SSSR count). The van der Waals surface area contributed by atoms with Gasteiger partial charge < -0.3 is 9.47 Å². The first kappa shape index (κ1) is 23.0. The molecular formula is C24H28N4O4S. The summed E-state index contributed by atoms with van der Waals surface area (Å²) in [4.78, 5) is 32.3. The lowest BCUT2D eigenvalue weighted by Gasteiger charge is -2.14. The normalized spacial score (nSPS) is 14.3. The molecule has 1 aromatic carbocycles. The predicted octanol–water partition coefficient (Wildman–Crippen LogP) is 3.85. The minimum absolute atomic E-state index is 0.168. The largest absolute Gasteiger partial charge is 0.493 e. The average Bonchev–Trinajstić information content (AvgIpc) is 3.22. The number of hydrogen-bond acceptors (Lipinski definition) is 7. The molecule has 1 aliphatic rings. The van der Waals surface area contributed by atoms with Crippen LogP contribution in [0.3, 0.4) is 0 Å². The number of methoxy groups -OCH3 is 1. The Hall–Kier alpha value is -3.20. The quantitative estimate of drug-likeness (QED) is 0.400. The first-order valence-electron chi connectivity index (χ1n) is 11.2. The number of benzene rings is 1. The Kier molecular flexibility index (Phi) is 7.08. The van der Waals surface area contributed by atoms with Crippen LogP contribution in [0.15, 0.2) is 34.4 Å².